The summed E-state index contributed by atoms with van der Waals surface area (Å²) in [5.41, 5.74) is 0.864. The number of hydrogen-bond donors (Lipinski definition) is 1. The maximum atomic E-state index is 14.4. The first kappa shape index (κ1) is 22.0. The maximum absolute atomic E-state index is 14.4. The third-order valence-electron chi connectivity index (χ3n) is 4.55. The normalized spacial score (nSPS) is 10.7. The number of aliphatic imine (C=N–C) groups is 1. The molecule has 3 rings (SSSR count). The van der Waals surface area contributed by atoms with Gasteiger partial charge in [-0.25, -0.2) is 8.78 Å². The first-order chi connectivity index (χ1) is 15.1. The number of aromatic hydroxyl groups is 1. The highest BCUT2D eigenvalue weighted by Gasteiger charge is 2.11. The summed E-state index contributed by atoms with van der Waals surface area (Å²) in [5, 5.41) is 9.71. The smallest absolute Gasteiger partial charge is 0.175 e. The number of para-hydroxylation sites is 2. The highest BCUT2D eigenvalue weighted by Crippen LogP contribution is 2.25. The summed E-state index contributed by atoms with van der Waals surface area (Å²) in [6.07, 6.45) is 4.45. The van der Waals surface area contributed by atoms with Crippen LogP contribution in [0.2, 0.25) is 0 Å². The fourth-order valence-corrected chi connectivity index (χ4v) is 2.79. The van der Waals surface area contributed by atoms with Crippen LogP contribution < -0.4 is 4.74 Å². The van der Waals surface area contributed by atoms with Crippen LogP contribution in [0.25, 0.3) is 0 Å². The predicted molar refractivity (Wildman–Crippen MR) is 119 cm³/mol. The van der Waals surface area contributed by atoms with Crippen LogP contribution in [0, 0.1) is 23.5 Å². The van der Waals surface area contributed by atoms with Crippen LogP contribution in [0.15, 0.2) is 65.7 Å². The van der Waals surface area contributed by atoms with Crippen LogP contribution in [0.5, 0.6) is 11.5 Å². The fourth-order valence-electron chi connectivity index (χ4n) is 2.79. The molecule has 0 aromatic heterocycles. The van der Waals surface area contributed by atoms with Crippen molar-refractivity contribution in [2.24, 2.45) is 4.99 Å². The molecule has 0 atom stereocenters. The minimum Gasteiger partial charge on any atom is -0.506 e. The Morgan fingerprint density at radius 1 is 0.935 bits per heavy atom. The molecular formula is C26H23F2NO2. The SMILES string of the molecule is CCCCCOc1ccc(C#Cc2ccc(C=Nc3ccccc3O)c(F)c2F)cc1. The van der Waals surface area contributed by atoms with Crippen molar-refractivity contribution in [1.29, 1.82) is 0 Å². The number of phenolic OH excluding ortho intramolecular Hbond substituents is 1. The molecule has 0 unspecified atom stereocenters. The van der Waals surface area contributed by atoms with Gasteiger partial charge in [0.15, 0.2) is 11.6 Å². The average Bonchev–Trinajstić information content (AvgIpc) is 2.79. The van der Waals surface area contributed by atoms with Crippen molar-refractivity contribution in [3.63, 3.8) is 0 Å². The van der Waals surface area contributed by atoms with Crippen molar-refractivity contribution >= 4 is 11.9 Å². The molecule has 3 nitrogen and oxygen atoms in total. The molecule has 0 heterocycles. The van der Waals surface area contributed by atoms with Crippen molar-refractivity contribution in [2.45, 2.75) is 26.2 Å². The molecule has 0 aliphatic heterocycles. The van der Waals surface area contributed by atoms with Crippen molar-refractivity contribution in [3.05, 3.63) is 89.0 Å². The number of hydrogen-bond acceptors (Lipinski definition) is 3. The van der Waals surface area contributed by atoms with Crippen LogP contribution in [0.1, 0.15) is 42.9 Å². The lowest BCUT2D eigenvalue weighted by Crippen LogP contribution is -1.97. The molecule has 31 heavy (non-hydrogen) atoms. The summed E-state index contributed by atoms with van der Waals surface area (Å²) in [4.78, 5) is 4.01. The average molecular weight is 419 g/mol. The van der Waals surface area contributed by atoms with Gasteiger partial charge < -0.3 is 9.84 Å². The summed E-state index contributed by atoms with van der Waals surface area (Å²) in [6.45, 7) is 2.81. The second kappa shape index (κ2) is 10.9. The van der Waals surface area contributed by atoms with Gasteiger partial charge in [-0.15, -0.1) is 0 Å². The van der Waals surface area contributed by atoms with Crippen molar-refractivity contribution in [2.75, 3.05) is 6.61 Å². The van der Waals surface area contributed by atoms with Gasteiger partial charge in [-0.1, -0.05) is 43.7 Å². The molecule has 1 N–H and O–H groups in total. The predicted octanol–water partition coefficient (Wildman–Crippen LogP) is 6.39. The second-order valence-corrected chi connectivity index (χ2v) is 6.91. The second-order valence-electron chi connectivity index (χ2n) is 6.91. The lowest BCUT2D eigenvalue weighted by Gasteiger charge is -2.05. The van der Waals surface area contributed by atoms with Crippen LogP contribution in [-0.4, -0.2) is 17.9 Å². The molecule has 0 aliphatic carbocycles. The minimum absolute atomic E-state index is 0.0316. The Morgan fingerprint density at radius 2 is 1.71 bits per heavy atom. The molecule has 0 radical (unpaired) electrons. The lowest BCUT2D eigenvalue weighted by molar-refractivity contribution is 0.306. The molecule has 0 fully saturated rings. The van der Waals surface area contributed by atoms with Gasteiger partial charge in [-0.2, -0.15) is 0 Å². The Bertz CT molecular complexity index is 1110. The van der Waals surface area contributed by atoms with Crippen LogP contribution in [-0.2, 0) is 0 Å². The van der Waals surface area contributed by atoms with E-state index in [4.69, 9.17) is 4.74 Å². The summed E-state index contributed by atoms with van der Waals surface area (Å²) < 4.78 is 34.5. The molecule has 0 saturated heterocycles. The molecular weight excluding hydrogens is 396 g/mol. The van der Waals surface area contributed by atoms with E-state index in [9.17, 15) is 13.9 Å². The quantitative estimate of drug-likeness (QED) is 0.274. The third kappa shape index (κ3) is 6.16. The number of phenols is 1. The molecule has 0 saturated carbocycles. The van der Waals surface area contributed by atoms with Gasteiger partial charge in [0.2, 0.25) is 0 Å². The standard InChI is InChI=1S/C26H23F2NO2/c1-2-3-6-17-31-22-15-10-19(11-16-22)9-12-20-13-14-21(26(28)25(20)27)18-29-23-7-4-5-8-24(23)30/h4-5,7-8,10-11,13-16,18,30H,2-3,6,17H2,1H3. The molecule has 5 heteroatoms. The zero-order chi connectivity index (χ0) is 22.1. The first-order valence-corrected chi connectivity index (χ1v) is 10.1. The van der Waals surface area contributed by atoms with E-state index in [0.29, 0.717) is 12.2 Å². The lowest BCUT2D eigenvalue weighted by atomic mass is 10.1. The molecule has 0 spiro atoms. The number of unbranched alkanes of at least 4 members (excludes halogenated alkanes) is 2. The molecule has 3 aromatic carbocycles. The van der Waals surface area contributed by atoms with Gasteiger partial charge in [0.25, 0.3) is 0 Å². The third-order valence-corrected chi connectivity index (χ3v) is 4.55. The van der Waals surface area contributed by atoms with E-state index in [1.54, 1.807) is 30.3 Å². The van der Waals surface area contributed by atoms with Gasteiger partial charge in [0.05, 0.1) is 12.2 Å². The Kier molecular flexibility index (Phi) is 7.78. The molecule has 0 amide bonds. The minimum atomic E-state index is -1.04. The Labute approximate surface area is 181 Å². The molecule has 3 aromatic rings. The van der Waals surface area contributed by atoms with Crippen LogP contribution in [0.4, 0.5) is 14.5 Å². The van der Waals surface area contributed by atoms with E-state index in [0.717, 1.165) is 25.0 Å². The van der Waals surface area contributed by atoms with E-state index < -0.39 is 11.6 Å². The van der Waals surface area contributed by atoms with E-state index in [1.165, 1.54) is 24.4 Å². The molecule has 0 bridgehead atoms. The summed E-state index contributed by atoms with van der Waals surface area (Å²) in [5.74, 6) is 4.14. The van der Waals surface area contributed by atoms with Crippen molar-refractivity contribution < 1.29 is 18.6 Å². The van der Waals surface area contributed by atoms with Crippen molar-refractivity contribution in [3.8, 4) is 23.3 Å². The Balaban J connectivity index is 1.70. The van der Waals surface area contributed by atoms with Gasteiger partial charge in [-0.3, -0.25) is 4.99 Å². The van der Waals surface area contributed by atoms with E-state index in [1.807, 2.05) is 12.1 Å². The number of rotatable bonds is 7. The monoisotopic (exact) mass is 419 g/mol. The van der Waals surface area contributed by atoms with Gasteiger partial charge in [-0.05, 0) is 55.0 Å². The summed E-state index contributed by atoms with van der Waals surface area (Å²) in [7, 11) is 0. The van der Waals surface area contributed by atoms with Crippen LogP contribution in [0.3, 0.4) is 0 Å². The number of benzene rings is 3. The summed E-state index contributed by atoms with van der Waals surface area (Å²) in [6, 6.07) is 16.4. The Morgan fingerprint density at radius 3 is 2.45 bits per heavy atom. The summed E-state index contributed by atoms with van der Waals surface area (Å²) >= 11 is 0. The van der Waals surface area contributed by atoms with E-state index >= 15 is 0 Å². The highest BCUT2D eigenvalue weighted by molar-refractivity contribution is 5.83. The zero-order valence-electron chi connectivity index (χ0n) is 17.2. The topological polar surface area (TPSA) is 41.8 Å². The Hall–Kier alpha value is -3.65. The van der Waals surface area contributed by atoms with E-state index in [-0.39, 0.29) is 22.6 Å². The van der Waals surface area contributed by atoms with Crippen LogP contribution >= 0.6 is 0 Å². The maximum Gasteiger partial charge on any atom is 0.175 e. The fraction of sp³-hybridized carbons (Fsp3) is 0.192. The van der Waals surface area contributed by atoms with Crippen molar-refractivity contribution in [1.82, 2.24) is 0 Å². The molecule has 0 aliphatic rings. The van der Waals surface area contributed by atoms with Gasteiger partial charge in [0.1, 0.15) is 17.2 Å². The van der Waals surface area contributed by atoms with E-state index in [2.05, 4.69) is 23.8 Å². The largest absolute Gasteiger partial charge is 0.506 e. The van der Waals surface area contributed by atoms with Gasteiger partial charge in [0, 0.05) is 17.3 Å². The number of ether oxygens (including phenoxy) is 1. The zero-order valence-corrected chi connectivity index (χ0v) is 17.2. The first-order valence-electron chi connectivity index (χ1n) is 10.1. The number of halogens is 2. The highest BCUT2D eigenvalue weighted by atomic mass is 19.2. The number of nitrogens with zero attached hydrogens (tertiary/aromatic N) is 1. The van der Waals surface area contributed by atoms with Gasteiger partial charge >= 0.3 is 0 Å². The molecule has 158 valence electrons.